The molecule has 0 saturated heterocycles. The fraction of sp³-hybridized carbons (Fsp3) is 0.222. The van der Waals surface area contributed by atoms with Crippen LogP contribution in [-0.2, 0) is 0 Å². The second-order valence-electron chi connectivity index (χ2n) is 2.92. The van der Waals surface area contributed by atoms with Crippen molar-refractivity contribution in [2.45, 2.75) is 11.0 Å². The first-order valence-electron chi connectivity index (χ1n) is 4.18. The molecule has 0 aromatic heterocycles. The molecule has 0 aliphatic carbocycles. The number of rotatable bonds is 3. The number of benzene rings is 1. The Labute approximate surface area is 102 Å². The second kappa shape index (κ2) is 5.56. The highest BCUT2D eigenvalue weighted by Crippen LogP contribution is 2.10. The van der Waals surface area contributed by atoms with Gasteiger partial charge in [0, 0.05) is 10.6 Å². The van der Waals surface area contributed by atoms with Gasteiger partial charge in [0.25, 0.3) is 5.91 Å². The topological polar surface area (TPSA) is 56.7 Å². The number of carbonyl (C=O) groups is 1. The van der Waals surface area contributed by atoms with Gasteiger partial charge in [-0.3, -0.25) is 4.79 Å². The van der Waals surface area contributed by atoms with Gasteiger partial charge in [-0.1, -0.05) is 34.8 Å². The maximum atomic E-state index is 11.6. The predicted molar refractivity (Wildman–Crippen MR) is 61.1 cm³/mol. The summed E-state index contributed by atoms with van der Waals surface area (Å²) < 4.78 is 0. The van der Waals surface area contributed by atoms with Crippen LogP contribution in [0.5, 0.6) is 0 Å². The fourth-order valence-corrected chi connectivity index (χ4v) is 1.17. The first-order chi connectivity index (χ1) is 7.00. The highest BCUT2D eigenvalue weighted by molar-refractivity contribution is 6.44. The standard InChI is InChI=1S/C9H9Cl3N2O/c10-6-3-1-5(2-4-6)9(15)14-8(13)7(11)12/h1-4,7-8H,13H2,(H,14,15)/p+1/t8-/m1/s1. The molecule has 1 aromatic rings. The van der Waals surface area contributed by atoms with Gasteiger partial charge in [-0.15, -0.1) is 0 Å². The average Bonchev–Trinajstić information content (AvgIpc) is 2.18. The molecule has 0 aliphatic heterocycles. The fourth-order valence-electron chi connectivity index (χ4n) is 0.916. The zero-order chi connectivity index (χ0) is 11.4. The van der Waals surface area contributed by atoms with Crippen molar-refractivity contribution in [3.8, 4) is 0 Å². The molecule has 0 bridgehead atoms. The number of nitrogens with one attached hydrogen (secondary N) is 1. The van der Waals surface area contributed by atoms with Crippen LogP contribution in [0.15, 0.2) is 24.3 Å². The zero-order valence-electron chi connectivity index (χ0n) is 7.71. The van der Waals surface area contributed by atoms with Gasteiger partial charge in [0.15, 0.2) is 11.0 Å². The summed E-state index contributed by atoms with van der Waals surface area (Å²) in [5, 5.41) is 3.13. The van der Waals surface area contributed by atoms with Crippen LogP contribution in [0.1, 0.15) is 10.4 Å². The Kier molecular flexibility index (Phi) is 4.67. The van der Waals surface area contributed by atoms with Crippen molar-refractivity contribution in [2.75, 3.05) is 0 Å². The van der Waals surface area contributed by atoms with E-state index in [0.717, 1.165) is 0 Å². The van der Waals surface area contributed by atoms with Crippen molar-refractivity contribution in [1.29, 1.82) is 0 Å². The molecule has 1 aromatic carbocycles. The molecule has 1 amide bonds. The van der Waals surface area contributed by atoms with Crippen molar-refractivity contribution in [2.24, 2.45) is 0 Å². The van der Waals surface area contributed by atoms with E-state index in [4.69, 9.17) is 34.8 Å². The Morgan fingerprint density at radius 1 is 1.27 bits per heavy atom. The molecule has 4 N–H and O–H groups in total. The van der Waals surface area contributed by atoms with E-state index in [-0.39, 0.29) is 5.91 Å². The number of amides is 1. The third-order valence-corrected chi connectivity index (χ3v) is 2.59. The van der Waals surface area contributed by atoms with Crippen molar-refractivity contribution < 1.29 is 10.5 Å². The summed E-state index contributed by atoms with van der Waals surface area (Å²) in [7, 11) is 0. The van der Waals surface area contributed by atoms with Crippen molar-refractivity contribution in [1.82, 2.24) is 5.32 Å². The Hall–Kier alpha value is -0.480. The van der Waals surface area contributed by atoms with Crippen LogP contribution in [0.4, 0.5) is 0 Å². The maximum absolute atomic E-state index is 11.6. The third-order valence-electron chi connectivity index (χ3n) is 1.73. The molecule has 0 aliphatic rings. The number of hydrogen-bond acceptors (Lipinski definition) is 1. The summed E-state index contributed by atoms with van der Waals surface area (Å²) in [5.74, 6) is -0.280. The molecule has 0 unspecified atom stereocenters. The van der Waals surface area contributed by atoms with Crippen LogP contribution < -0.4 is 11.1 Å². The van der Waals surface area contributed by atoms with E-state index in [1.807, 2.05) is 0 Å². The van der Waals surface area contributed by atoms with Crippen LogP contribution in [0.25, 0.3) is 0 Å². The molecule has 0 radical (unpaired) electrons. The lowest BCUT2D eigenvalue weighted by atomic mass is 10.2. The summed E-state index contributed by atoms with van der Waals surface area (Å²) in [6.07, 6.45) is -0.545. The van der Waals surface area contributed by atoms with Crippen LogP contribution in [-0.4, -0.2) is 16.9 Å². The zero-order valence-corrected chi connectivity index (χ0v) is 9.98. The molecule has 6 heteroatoms. The molecule has 0 spiro atoms. The summed E-state index contributed by atoms with van der Waals surface area (Å²) in [4.78, 5) is 10.8. The van der Waals surface area contributed by atoms with Crippen LogP contribution in [0, 0.1) is 0 Å². The summed E-state index contributed by atoms with van der Waals surface area (Å²) >= 11 is 16.8. The Bertz CT molecular complexity index is 340. The van der Waals surface area contributed by atoms with E-state index in [1.54, 1.807) is 24.3 Å². The molecule has 15 heavy (non-hydrogen) atoms. The van der Waals surface area contributed by atoms with Gasteiger partial charge in [0.2, 0.25) is 0 Å². The molecule has 0 heterocycles. The van der Waals surface area contributed by atoms with E-state index in [1.165, 1.54) is 0 Å². The van der Waals surface area contributed by atoms with Gasteiger partial charge >= 0.3 is 0 Å². The van der Waals surface area contributed by atoms with Crippen molar-refractivity contribution >= 4 is 40.7 Å². The van der Waals surface area contributed by atoms with Crippen LogP contribution in [0.3, 0.4) is 0 Å². The molecule has 0 saturated carbocycles. The lowest BCUT2D eigenvalue weighted by Crippen LogP contribution is -2.71. The molecule has 82 valence electrons. The normalized spacial score (nSPS) is 12.6. The minimum Gasteiger partial charge on any atom is -0.336 e. The monoisotopic (exact) mass is 267 g/mol. The van der Waals surface area contributed by atoms with Gasteiger partial charge in [-0.05, 0) is 24.3 Å². The second-order valence-corrected chi connectivity index (χ2v) is 4.52. The number of quaternary nitrogens is 1. The highest BCUT2D eigenvalue weighted by Gasteiger charge is 2.18. The quantitative estimate of drug-likeness (QED) is 0.632. The molecular weight excluding hydrogens is 258 g/mol. The first-order valence-corrected chi connectivity index (χ1v) is 5.43. The molecule has 0 fully saturated rings. The lowest BCUT2D eigenvalue weighted by molar-refractivity contribution is -0.420. The molecule has 1 atom stereocenters. The van der Waals surface area contributed by atoms with Crippen molar-refractivity contribution in [3.05, 3.63) is 34.9 Å². The SMILES string of the molecule is [NH3+][C@H](NC(=O)c1ccc(Cl)cc1)C(Cl)Cl. The number of halogens is 3. The van der Waals surface area contributed by atoms with Gasteiger partial charge in [-0.2, -0.15) is 0 Å². The molecular formula is C9H10Cl3N2O+. The number of hydrogen-bond donors (Lipinski definition) is 2. The number of alkyl halides is 2. The number of carbonyl (C=O) groups excluding carboxylic acids is 1. The maximum Gasteiger partial charge on any atom is 0.255 e. The summed E-state index contributed by atoms with van der Waals surface area (Å²) in [5.41, 5.74) is 4.09. The van der Waals surface area contributed by atoms with Gasteiger partial charge in [0.05, 0.1) is 0 Å². The van der Waals surface area contributed by atoms with Crippen LogP contribution in [0.2, 0.25) is 5.02 Å². The average molecular weight is 269 g/mol. The first kappa shape index (κ1) is 12.6. The van der Waals surface area contributed by atoms with E-state index < -0.39 is 11.0 Å². The van der Waals surface area contributed by atoms with E-state index >= 15 is 0 Å². The van der Waals surface area contributed by atoms with Gasteiger partial charge < -0.3 is 11.1 Å². The van der Waals surface area contributed by atoms with E-state index in [2.05, 4.69) is 11.1 Å². The minimum absolute atomic E-state index is 0.280. The summed E-state index contributed by atoms with van der Waals surface area (Å²) in [6.45, 7) is 0. The molecule has 1 rings (SSSR count). The Balaban J connectivity index is 2.65. The predicted octanol–water partition coefficient (Wildman–Crippen LogP) is 1.44. The third kappa shape index (κ3) is 3.87. The van der Waals surface area contributed by atoms with Gasteiger partial charge in [0.1, 0.15) is 0 Å². The Morgan fingerprint density at radius 3 is 2.27 bits per heavy atom. The van der Waals surface area contributed by atoms with Gasteiger partial charge in [-0.25, -0.2) is 0 Å². The largest absolute Gasteiger partial charge is 0.336 e. The van der Waals surface area contributed by atoms with E-state index in [0.29, 0.717) is 10.6 Å². The van der Waals surface area contributed by atoms with Crippen LogP contribution >= 0.6 is 34.8 Å². The lowest BCUT2D eigenvalue weighted by Gasteiger charge is -2.11. The van der Waals surface area contributed by atoms with Crippen molar-refractivity contribution in [3.63, 3.8) is 0 Å². The smallest absolute Gasteiger partial charge is 0.255 e. The van der Waals surface area contributed by atoms with E-state index in [9.17, 15) is 4.79 Å². The Morgan fingerprint density at radius 2 is 1.80 bits per heavy atom. The molecule has 3 nitrogen and oxygen atoms in total. The summed E-state index contributed by atoms with van der Waals surface area (Å²) in [6, 6.07) is 6.49. The minimum atomic E-state index is -0.735. The highest BCUT2D eigenvalue weighted by atomic mass is 35.5.